The van der Waals surface area contributed by atoms with Crippen molar-refractivity contribution in [2.45, 2.75) is 26.5 Å². The Balaban J connectivity index is 1.58. The van der Waals surface area contributed by atoms with Gasteiger partial charge in [-0.05, 0) is 26.0 Å². The number of nitrogens with zero attached hydrogens (tertiary/aromatic N) is 2. The van der Waals surface area contributed by atoms with Gasteiger partial charge in [-0.1, -0.05) is 5.16 Å². The van der Waals surface area contributed by atoms with Crippen molar-refractivity contribution >= 4 is 17.2 Å². The van der Waals surface area contributed by atoms with Crippen LogP contribution >= 0.6 is 11.3 Å². The highest BCUT2D eigenvalue weighted by molar-refractivity contribution is 7.09. The third-order valence-electron chi connectivity index (χ3n) is 3.42. The molecule has 2 heterocycles. The molecule has 3 rings (SSSR count). The van der Waals surface area contributed by atoms with Gasteiger partial charge in [0, 0.05) is 23.2 Å². The standard InChI is InChI=1S/C17H15F2N3O3S/c1-9-8-26-17(20-9)10(2)21-16(23)15-6-12(25-22-15)7-24-11-3-4-13(18)14(19)5-11/h3-6,8,10H,7H2,1-2H3,(H,21,23). The molecule has 1 N–H and O–H groups in total. The Bertz CT molecular complexity index is 926. The van der Waals surface area contributed by atoms with Crippen LogP contribution in [-0.2, 0) is 6.61 Å². The van der Waals surface area contributed by atoms with Gasteiger partial charge in [0.1, 0.15) is 17.4 Å². The van der Waals surface area contributed by atoms with E-state index in [0.717, 1.165) is 22.8 Å². The summed E-state index contributed by atoms with van der Waals surface area (Å²) in [5.41, 5.74) is 0.984. The molecule has 9 heteroatoms. The minimum absolute atomic E-state index is 0.0768. The van der Waals surface area contributed by atoms with Crippen molar-refractivity contribution in [1.29, 1.82) is 0 Å². The summed E-state index contributed by atoms with van der Waals surface area (Å²) in [4.78, 5) is 16.5. The van der Waals surface area contributed by atoms with E-state index in [4.69, 9.17) is 9.26 Å². The van der Waals surface area contributed by atoms with Crippen LogP contribution in [0.25, 0.3) is 0 Å². The van der Waals surface area contributed by atoms with Crippen LogP contribution in [0, 0.1) is 18.6 Å². The molecule has 0 bridgehead atoms. The number of hydrogen-bond acceptors (Lipinski definition) is 6. The lowest BCUT2D eigenvalue weighted by Gasteiger charge is -2.09. The number of rotatable bonds is 6. The second-order valence-corrected chi connectivity index (χ2v) is 6.46. The first-order valence-corrected chi connectivity index (χ1v) is 8.56. The molecule has 1 atom stereocenters. The van der Waals surface area contributed by atoms with Crippen LogP contribution in [0.5, 0.6) is 5.75 Å². The van der Waals surface area contributed by atoms with Crippen LogP contribution in [0.4, 0.5) is 8.78 Å². The molecule has 0 saturated carbocycles. The molecule has 2 aromatic heterocycles. The fraction of sp³-hybridized carbons (Fsp3) is 0.235. The normalized spacial score (nSPS) is 12.0. The number of aryl methyl sites for hydroxylation is 1. The van der Waals surface area contributed by atoms with Crippen LogP contribution in [-0.4, -0.2) is 16.0 Å². The third-order valence-corrected chi connectivity index (χ3v) is 4.56. The number of halogens is 2. The van der Waals surface area contributed by atoms with Crippen LogP contribution < -0.4 is 10.1 Å². The molecule has 136 valence electrons. The predicted molar refractivity (Wildman–Crippen MR) is 89.9 cm³/mol. The second kappa shape index (κ2) is 7.61. The van der Waals surface area contributed by atoms with E-state index in [0.29, 0.717) is 0 Å². The lowest BCUT2D eigenvalue weighted by Crippen LogP contribution is -2.26. The van der Waals surface area contributed by atoms with Gasteiger partial charge in [0.15, 0.2) is 23.1 Å². The van der Waals surface area contributed by atoms with E-state index < -0.39 is 17.5 Å². The zero-order chi connectivity index (χ0) is 18.7. The molecule has 1 aromatic carbocycles. The number of aromatic nitrogens is 2. The number of ether oxygens (including phenoxy) is 1. The van der Waals surface area contributed by atoms with Gasteiger partial charge in [0.05, 0.1) is 6.04 Å². The predicted octanol–water partition coefficient (Wildman–Crippen LogP) is 3.79. The van der Waals surface area contributed by atoms with Crippen LogP contribution in [0.1, 0.15) is 39.9 Å². The molecule has 3 aromatic rings. The lowest BCUT2D eigenvalue weighted by molar-refractivity contribution is 0.0930. The van der Waals surface area contributed by atoms with Gasteiger partial charge in [-0.25, -0.2) is 13.8 Å². The van der Waals surface area contributed by atoms with E-state index in [1.54, 1.807) is 0 Å². The number of carbonyl (C=O) groups excluding carboxylic acids is 1. The summed E-state index contributed by atoms with van der Waals surface area (Å²) in [7, 11) is 0. The fourth-order valence-electron chi connectivity index (χ4n) is 2.11. The highest BCUT2D eigenvalue weighted by atomic mass is 32.1. The Morgan fingerprint density at radius 2 is 2.15 bits per heavy atom. The molecule has 0 aliphatic carbocycles. The Morgan fingerprint density at radius 3 is 2.85 bits per heavy atom. The van der Waals surface area contributed by atoms with Gasteiger partial charge in [-0.15, -0.1) is 11.3 Å². The highest BCUT2D eigenvalue weighted by Gasteiger charge is 2.18. The Kier molecular flexibility index (Phi) is 5.27. The van der Waals surface area contributed by atoms with E-state index in [-0.39, 0.29) is 29.9 Å². The van der Waals surface area contributed by atoms with Crippen molar-refractivity contribution in [3.05, 3.63) is 63.4 Å². The molecule has 1 unspecified atom stereocenters. The van der Waals surface area contributed by atoms with E-state index >= 15 is 0 Å². The first-order chi connectivity index (χ1) is 12.4. The molecule has 0 radical (unpaired) electrons. The average molecular weight is 379 g/mol. The molecule has 0 fully saturated rings. The largest absolute Gasteiger partial charge is 0.485 e. The topological polar surface area (TPSA) is 77.2 Å². The Hall–Kier alpha value is -2.81. The molecular formula is C17H15F2N3O3S. The van der Waals surface area contributed by atoms with E-state index in [9.17, 15) is 13.6 Å². The van der Waals surface area contributed by atoms with Crippen LogP contribution in [0.3, 0.4) is 0 Å². The number of nitrogens with one attached hydrogen (secondary N) is 1. The van der Waals surface area contributed by atoms with Gasteiger partial charge in [-0.2, -0.15) is 0 Å². The maximum Gasteiger partial charge on any atom is 0.274 e. The molecular weight excluding hydrogens is 364 g/mol. The third kappa shape index (κ3) is 4.23. The maximum atomic E-state index is 13.1. The van der Waals surface area contributed by atoms with Gasteiger partial charge in [-0.3, -0.25) is 4.79 Å². The molecule has 0 saturated heterocycles. The first kappa shape index (κ1) is 18.0. The quantitative estimate of drug-likeness (QED) is 0.705. The second-order valence-electron chi connectivity index (χ2n) is 5.57. The van der Waals surface area contributed by atoms with Crippen molar-refractivity contribution in [2.75, 3.05) is 0 Å². The van der Waals surface area contributed by atoms with E-state index in [2.05, 4.69) is 15.5 Å². The minimum Gasteiger partial charge on any atom is -0.485 e. The number of thiazole rings is 1. The van der Waals surface area contributed by atoms with Crippen molar-refractivity contribution in [2.24, 2.45) is 0 Å². The Morgan fingerprint density at radius 1 is 1.35 bits per heavy atom. The Labute approximate surface area is 151 Å². The minimum atomic E-state index is -1.01. The van der Waals surface area contributed by atoms with Gasteiger partial charge < -0.3 is 14.6 Å². The highest BCUT2D eigenvalue weighted by Crippen LogP contribution is 2.19. The smallest absolute Gasteiger partial charge is 0.274 e. The maximum absolute atomic E-state index is 13.1. The molecule has 0 spiro atoms. The SMILES string of the molecule is Cc1csc(C(C)NC(=O)c2cc(COc3ccc(F)c(F)c3)on2)n1. The summed E-state index contributed by atoms with van der Waals surface area (Å²) in [6.45, 7) is 3.63. The summed E-state index contributed by atoms with van der Waals surface area (Å²) < 4.78 is 36.3. The summed E-state index contributed by atoms with van der Waals surface area (Å²) >= 11 is 1.46. The number of hydrogen-bond donors (Lipinski definition) is 1. The number of carbonyl (C=O) groups is 1. The summed E-state index contributed by atoms with van der Waals surface area (Å²) in [6, 6.07) is 4.34. The van der Waals surface area contributed by atoms with E-state index in [1.165, 1.54) is 23.5 Å². The van der Waals surface area contributed by atoms with Crippen molar-refractivity contribution < 1.29 is 22.8 Å². The average Bonchev–Trinajstić information content (AvgIpc) is 3.25. The zero-order valence-corrected chi connectivity index (χ0v) is 14.8. The molecule has 6 nitrogen and oxygen atoms in total. The van der Waals surface area contributed by atoms with Crippen molar-refractivity contribution in [1.82, 2.24) is 15.5 Å². The van der Waals surface area contributed by atoms with Gasteiger partial charge in [0.25, 0.3) is 5.91 Å². The summed E-state index contributed by atoms with van der Waals surface area (Å²) in [5.74, 6) is -1.96. The molecule has 26 heavy (non-hydrogen) atoms. The van der Waals surface area contributed by atoms with Crippen molar-refractivity contribution in [3.63, 3.8) is 0 Å². The number of benzene rings is 1. The van der Waals surface area contributed by atoms with Gasteiger partial charge >= 0.3 is 0 Å². The molecule has 0 aliphatic rings. The monoisotopic (exact) mass is 379 g/mol. The van der Waals surface area contributed by atoms with Crippen LogP contribution in [0.2, 0.25) is 0 Å². The number of amides is 1. The van der Waals surface area contributed by atoms with Gasteiger partial charge in [0.2, 0.25) is 0 Å². The summed E-state index contributed by atoms with van der Waals surface area (Å²) in [5, 5.41) is 9.17. The molecule has 0 aliphatic heterocycles. The van der Waals surface area contributed by atoms with Crippen molar-refractivity contribution in [3.8, 4) is 5.75 Å². The lowest BCUT2D eigenvalue weighted by atomic mass is 10.3. The summed E-state index contributed by atoms with van der Waals surface area (Å²) in [6.07, 6.45) is 0. The van der Waals surface area contributed by atoms with E-state index in [1.807, 2.05) is 19.2 Å². The van der Waals surface area contributed by atoms with Crippen LogP contribution in [0.15, 0.2) is 34.2 Å². The zero-order valence-electron chi connectivity index (χ0n) is 14.0. The molecule has 1 amide bonds. The first-order valence-electron chi connectivity index (χ1n) is 7.68. The fourth-order valence-corrected chi connectivity index (χ4v) is 2.92.